The number of phenolic OH excluding ortho intramolecular Hbond substituents is 1. The number of aliphatic hydroxyl groups is 2. The van der Waals surface area contributed by atoms with E-state index in [1.807, 2.05) is 0 Å². The number of Topliss-reactive ketones (excluding diaryl/α,β-unsaturated/α-hetero) is 3. The van der Waals surface area contributed by atoms with Gasteiger partial charge in [-0.2, -0.15) is 4.89 Å². The van der Waals surface area contributed by atoms with Gasteiger partial charge in [0, 0.05) is 17.2 Å². The summed E-state index contributed by atoms with van der Waals surface area (Å²) in [6.45, 7) is 0.166. The minimum Gasteiger partial charge on any atom is -0.507 e. The fraction of sp³-hybridized carbons (Fsp3) is 0.323. The topological polar surface area (TPSA) is 206 Å². The molecule has 6 rings (SSSR count). The van der Waals surface area contributed by atoms with E-state index in [4.69, 9.17) is 15.5 Å². The van der Waals surface area contributed by atoms with Crippen LogP contribution in [0.4, 0.5) is 5.69 Å². The molecule has 0 spiro atoms. The van der Waals surface area contributed by atoms with Crippen LogP contribution in [0.5, 0.6) is 5.75 Å². The van der Waals surface area contributed by atoms with Gasteiger partial charge in [-0.3, -0.25) is 28.9 Å². The molecule has 2 aromatic carbocycles. The Labute approximate surface area is 250 Å². The second-order valence-corrected chi connectivity index (χ2v) is 11.6. The number of hydrogen-bond donors (Lipinski definition) is 5. The van der Waals surface area contributed by atoms with Gasteiger partial charge in [0.25, 0.3) is 5.91 Å². The summed E-state index contributed by atoms with van der Waals surface area (Å²) in [4.78, 5) is 76.0. The molecule has 228 valence electrons. The van der Waals surface area contributed by atoms with E-state index in [2.05, 4.69) is 5.32 Å². The van der Waals surface area contributed by atoms with Crippen LogP contribution in [0.15, 0.2) is 53.8 Å². The third-order valence-corrected chi connectivity index (χ3v) is 8.91. The molecule has 4 aliphatic rings. The number of aromatic hydroxyl groups is 1. The summed E-state index contributed by atoms with van der Waals surface area (Å²) < 4.78 is 0. The number of phenols is 1. The normalized spacial score (nSPS) is 27.7. The number of anilines is 1. The number of carbonyl (C=O) groups is 5. The second kappa shape index (κ2) is 10.4. The first-order valence-corrected chi connectivity index (χ1v) is 13.9. The average Bonchev–Trinajstić information content (AvgIpc) is 3.51. The van der Waals surface area contributed by atoms with E-state index in [9.17, 15) is 39.3 Å². The molecule has 6 N–H and O–H groups in total. The zero-order valence-corrected chi connectivity index (χ0v) is 23.7. The number of nitrogens with zero attached hydrogens (tertiary/aromatic N) is 1. The summed E-state index contributed by atoms with van der Waals surface area (Å²) in [5.41, 5.74) is 4.59. The summed E-state index contributed by atoms with van der Waals surface area (Å²) in [5, 5.41) is 36.7. The molecular formula is C31H29N3O10. The van der Waals surface area contributed by atoms with E-state index in [0.29, 0.717) is 22.4 Å². The Balaban J connectivity index is 1.40. The number of hydrogen-bond acceptors (Lipinski definition) is 11. The number of primary amides is 1. The number of fused-ring (bicyclic) bond motifs is 3. The van der Waals surface area contributed by atoms with Crippen LogP contribution in [-0.2, 0) is 40.2 Å². The lowest BCUT2D eigenvalue weighted by atomic mass is 9.54. The van der Waals surface area contributed by atoms with Crippen molar-refractivity contribution in [3.05, 3.63) is 64.9 Å². The van der Waals surface area contributed by atoms with Crippen LogP contribution in [0.25, 0.3) is 16.9 Å². The third-order valence-electron chi connectivity index (χ3n) is 8.91. The summed E-state index contributed by atoms with van der Waals surface area (Å²) in [7, 11) is 3.07. The van der Waals surface area contributed by atoms with Crippen molar-refractivity contribution in [1.29, 1.82) is 0 Å². The minimum atomic E-state index is -2.78. The van der Waals surface area contributed by atoms with Crippen molar-refractivity contribution in [2.24, 2.45) is 23.5 Å². The molecule has 2 aromatic rings. The van der Waals surface area contributed by atoms with Crippen LogP contribution in [0.3, 0.4) is 0 Å². The number of likely N-dealkylation sites (N-methyl/N-ethyl adjacent to an activating group) is 1. The Morgan fingerprint density at radius 3 is 2.39 bits per heavy atom. The number of amides is 2. The minimum absolute atomic E-state index is 0.0261. The molecule has 2 fully saturated rings. The molecule has 0 radical (unpaired) electrons. The van der Waals surface area contributed by atoms with E-state index in [-0.39, 0.29) is 42.1 Å². The van der Waals surface area contributed by atoms with Crippen molar-refractivity contribution in [1.82, 2.24) is 4.90 Å². The summed E-state index contributed by atoms with van der Waals surface area (Å²) in [6.07, 6.45) is 1.57. The van der Waals surface area contributed by atoms with Gasteiger partial charge in [0.15, 0.2) is 23.1 Å². The van der Waals surface area contributed by atoms with E-state index < -0.39 is 64.3 Å². The molecular weight excluding hydrogens is 574 g/mol. The number of ketones is 3. The van der Waals surface area contributed by atoms with Crippen molar-refractivity contribution in [3.63, 3.8) is 0 Å². The van der Waals surface area contributed by atoms with Crippen LogP contribution in [0, 0.1) is 17.8 Å². The van der Waals surface area contributed by atoms with E-state index in [1.54, 1.807) is 30.3 Å². The fourth-order valence-electron chi connectivity index (χ4n) is 6.96. The molecule has 5 atom stereocenters. The molecule has 1 aliphatic heterocycles. The molecule has 0 aromatic heterocycles. The van der Waals surface area contributed by atoms with Gasteiger partial charge in [0.1, 0.15) is 18.1 Å². The van der Waals surface area contributed by atoms with Crippen molar-refractivity contribution in [3.8, 4) is 16.9 Å². The van der Waals surface area contributed by atoms with Crippen molar-refractivity contribution in [2.45, 2.75) is 24.5 Å². The molecule has 3 aliphatic carbocycles. The molecule has 1 heterocycles. The van der Waals surface area contributed by atoms with Gasteiger partial charge in [0.05, 0.1) is 11.6 Å². The van der Waals surface area contributed by atoms with E-state index >= 15 is 0 Å². The average molecular weight is 604 g/mol. The highest BCUT2D eigenvalue weighted by atomic mass is 17.2. The SMILES string of the molecule is CN(C)[C@H]1C(=O)C(C(N)=O)C(=O)[C@]2(O)C(=O)C3=C(O)c4c(O)ccc(-c5ccc(NC(=O)C6=CCOO6)cc5)c4C[C@@H]3C[C@H]12. The number of benzene rings is 2. The standard InChI is InChI=1S/C31H29N3O10/c1-34(2)24-18-12-14-11-17-16(13-3-5-15(6-4-13)33-30(41)20-9-10-43-44-20)7-8-19(35)22(17)25(36)21(14)27(38)31(18,42)28(39)23(26(24)37)29(32)40/h3-9,14,18,23-24,35-36,42H,10-12H2,1-2H3,(H2,32,40)(H,33,41)/t14-,18-,23?,24-,31-/m1/s1. The van der Waals surface area contributed by atoms with Crippen LogP contribution in [0.1, 0.15) is 17.5 Å². The van der Waals surface area contributed by atoms with E-state index in [0.717, 1.165) is 0 Å². The largest absolute Gasteiger partial charge is 0.507 e. The fourth-order valence-corrected chi connectivity index (χ4v) is 6.96. The first-order valence-electron chi connectivity index (χ1n) is 13.9. The maximum atomic E-state index is 14.0. The van der Waals surface area contributed by atoms with Crippen molar-refractivity contribution >= 4 is 40.6 Å². The molecule has 44 heavy (non-hydrogen) atoms. The molecule has 13 heteroatoms. The summed E-state index contributed by atoms with van der Waals surface area (Å²) >= 11 is 0. The molecule has 0 saturated heterocycles. The molecule has 13 nitrogen and oxygen atoms in total. The zero-order valence-electron chi connectivity index (χ0n) is 23.7. The lowest BCUT2D eigenvalue weighted by Gasteiger charge is -2.51. The Morgan fingerprint density at radius 1 is 1.07 bits per heavy atom. The zero-order chi connectivity index (χ0) is 31.7. The van der Waals surface area contributed by atoms with Crippen LogP contribution in [0.2, 0.25) is 0 Å². The number of aliphatic hydroxyl groups excluding tert-OH is 1. The van der Waals surface area contributed by atoms with Crippen LogP contribution in [-0.4, -0.2) is 81.7 Å². The summed E-state index contributed by atoms with van der Waals surface area (Å²) in [5.74, 6) is -9.81. The lowest BCUT2D eigenvalue weighted by molar-refractivity contribution is -0.233. The molecule has 1 unspecified atom stereocenters. The Kier molecular flexibility index (Phi) is 6.91. The van der Waals surface area contributed by atoms with Crippen LogP contribution < -0.4 is 11.1 Å². The highest BCUT2D eigenvalue weighted by Crippen LogP contribution is 2.52. The highest BCUT2D eigenvalue weighted by molar-refractivity contribution is 6.32. The first kappa shape index (κ1) is 29.2. The van der Waals surface area contributed by atoms with Gasteiger partial charge >= 0.3 is 0 Å². The van der Waals surface area contributed by atoms with Crippen molar-refractivity contribution in [2.75, 3.05) is 26.0 Å². The Bertz CT molecular complexity index is 1710. The van der Waals surface area contributed by atoms with Gasteiger partial charge in [-0.1, -0.05) is 18.2 Å². The number of carbonyl (C=O) groups excluding carboxylic acids is 5. The van der Waals surface area contributed by atoms with Crippen LogP contribution >= 0.6 is 0 Å². The molecule has 2 saturated carbocycles. The van der Waals surface area contributed by atoms with Gasteiger partial charge in [0.2, 0.25) is 17.4 Å². The van der Waals surface area contributed by atoms with Gasteiger partial charge in [-0.05, 0) is 73.8 Å². The van der Waals surface area contributed by atoms with Gasteiger partial charge < -0.3 is 31.3 Å². The second-order valence-electron chi connectivity index (χ2n) is 11.6. The molecule has 2 amide bonds. The summed E-state index contributed by atoms with van der Waals surface area (Å²) in [6, 6.07) is 8.62. The smallest absolute Gasteiger partial charge is 0.294 e. The maximum absolute atomic E-state index is 14.0. The van der Waals surface area contributed by atoms with Gasteiger partial charge in [-0.25, -0.2) is 0 Å². The molecule has 0 bridgehead atoms. The monoisotopic (exact) mass is 603 g/mol. The third kappa shape index (κ3) is 4.23. The Morgan fingerprint density at radius 2 is 1.77 bits per heavy atom. The quantitative estimate of drug-likeness (QED) is 0.239. The Hall–Kier alpha value is -4.85. The predicted molar refractivity (Wildman–Crippen MR) is 152 cm³/mol. The van der Waals surface area contributed by atoms with Gasteiger partial charge in [-0.15, -0.1) is 0 Å². The lowest BCUT2D eigenvalue weighted by Crippen LogP contribution is -2.72. The predicted octanol–water partition coefficient (Wildman–Crippen LogP) is 0.788. The highest BCUT2D eigenvalue weighted by Gasteiger charge is 2.67. The van der Waals surface area contributed by atoms with Crippen molar-refractivity contribution < 1.29 is 49.1 Å². The first-order chi connectivity index (χ1) is 20.9. The maximum Gasteiger partial charge on any atom is 0.294 e. The number of nitrogens with two attached hydrogens (primary N) is 1. The number of rotatable bonds is 5. The number of nitrogens with one attached hydrogen (secondary N) is 1. The van der Waals surface area contributed by atoms with E-state index in [1.165, 1.54) is 31.1 Å².